The van der Waals surface area contributed by atoms with Crippen LogP contribution < -0.4 is 9.47 Å². The summed E-state index contributed by atoms with van der Waals surface area (Å²) in [5.74, 6) is -1.10. The monoisotopic (exact) mass is 364 g/mol. The van der Waals surface area contributed by atoms with Gasteiger partial charge in [0.1, 0.15) is 10.0 Å². The normalized spacial score (nSPS) is 10.3. The Hall–Kier alpha value is -2.30. The van der Waals surface area contributed by atoms with Gasteiger partial charge in [0.25, 0.3) is 0 Å². The lowest BCUT2D eigenvalue weighted by atomic mass is 10.1. The summed E-state index contributed by atoms with van der Waals surface area (Å²) in [5.41, 5.74) is 0.424. The van der Waals surface area contributed by atoms with Crippen LogP contribution in [0.3, 0.4) is 0 Å². The van der Waals surface area contributed by atoms with E-state index in [1.165, 1.54) is 13.8 Å². The summed E-state index contributed by atoms with van der Waals surface area (Å²) in [6.45, 7) is 10.1. The first-order chi connectivity index (χ1) is 11.2. The lowest BCUT2D eigenvalue weighted by Crippen LogP contribution is -2.11. The van der Waals surface area contributed by atoms with E-state index in [0.717, 1.165) is 0 Å². The first kappa shape index (κ1) is 18.0. The van der Waals surface area contributed by atoms with Crippen molar-refractivity contribution >= 4 is 45.9 Å². The zero-order valence-electron chi connectivity index (χ0n) is 13.1. The van der Waals surface area contributed by atoms with Crippen molar-refractivity contribution in [2.45, 2.75) is 13.8 Å². The summed E-state index contributed by atoms with van der Waals surface area (Å²) in [4.78, 5) is 23.7. The highest BCUT2D eigenvalue weighted by molar-refractivity contribution is 6.45. The first-order valence-electron chi connectivity index (χ1n) is 6.89. The zero-order valence-corrected chi connectivity index (χ0v) is 14.6. The second-order valence-electron chi connectivity index (χ2n) is 5.17. The second-order valence-corrected chi connectivity index (χ2v) is 5.93. The van der Waals surface area contributed by atoms with Gasteiger partial charge in [0.2, 0.25) is 0 Å². The summed E-state index contributed by atoms with van der Waals surface area (Å²) in [5, 5.41) is 0.890. The Morgan fingerprint density at radius 2 is 1.17 bits per heavy atom. The number of halogens is 2. The highest BCUT2D eigenvalue weighted by Gasteiger charge is 2.23. The third-order valence-electron chi connectivity index (χ3n) is 3.09. The minimum atomic E-state index is -0.634. The molecule has 2 aromatic carbocycles. The molecule has 0 fully saturated rings. The maximum absolute atomic E-state index is 11.9. The van der Waals surface area contributed by atoms with Crippen LogP contribution >= 0.6 is 23.2 Å². The Kier molecular flexibility index (Phi) is 5.32. The Morgan fingerprint density at radius 3 is 1.46 bits per heavy atom. The molecule has 0 radical (unpaired) electrons. The fourth-order valence-corrected chi connectivity index (χ4v) is 2.33. The molecule has 0 unspecified atom stereocenters. The molecule has 6 heteroatoms. The summed E-state index contributed by atoms with van der Waals surface area (Å²) in [6.07, 6.45) is 0. The van der Waals surface area contributed by atoms with Crippen molar-refractivity contribution in [3.63, 3.8) is 0 Å². The molecular weight excluding hydrogens is 351 g/mol. The van der Waals surface area contributed by atoms with Gasteiger partial charge in [-0.25, -0.2) is 9.59 Å². The third kappa shape index (κ3) is 3.45. The van der Waals surface area contributed by atoms with E-state index in [9.17, 15) is 9.59 Å². The van der Waals surface area contributed by atoms with Crippen LogP contribution in [-0.4, -0.2) is 11.9 Å². The Labute approximate surface area is 149 Å². The number of benzene rings is 2. The molecule has 24 heavy (non-hydrogen) atoms. The number of rotatable bonds is 4. The number of hydrogen-bond acceptors (Lipinski definition) is 4. The standard InChI is InChI=1S/C18H14Cl2O4/c1-9(2)17(21)23-15-11-7-5-6-8-12(11)16(14(20)13(15)19)24-18(22)10(3)4/h5-8H,1,3H2,2,4H3. The molecule has 124 valence electrons. The van der Waals surface area contributed by atoms with Gasteiger partial charge in [-0.05, 0) is 13.8 Å². The number of carbonyl (C=O) groups excluding carboxylic acids is 2. The van der Waals surface area contributed by atoms with Gasteiger partial charge in [-0.3, -0.25) is 0 Å². The molecule has 0 bridgehead atoms. The Morgan fingerprint density at radius 1 is 0.833 bits per heavy atom. The van der Waals surface area contributed by atoms with Crippen LogP contribution in [0.25, 0.3) is 10.8 Å². The molecule has 0 N–H and O–H groups in total. The van der Waals surface area contributed by atoms with Gasteiger partial charge in [-0.2, -0.15) is 0 Å². The van der Waals surface area contributed by atoms with Crippen molar-refractivity contribution in [2.24, 2.45) is 0 Å². The van der Waals surface area contributed by atoms with Crippen molar-refractivity contribution in [3.8, 4) is 11.5 Å². The van der Waals surface area contributed by atoms with Gasteiger partial charge in [0, 0.05) is 21.9 Å². The van der Waals surface area contributed by atoms with E-state index in [2.05, 4.69) is 13.2 Å². The molecule has 0 atom stereocenters. The highest BCUT2D eigenvalue weighted by atomic mass is 35.5. The largest absolute Gasteiger partial charge is 0.421 e. The van der Waals surface area contributed by atoms with Crippen molar-refractivity contribution < 1.29 is 19.1 Å². The van der Waals surface area contributed by atoms with E-state index >= 15 is 0 Å². The lowest BCUT2D eigenvalue weighted by molar-refractivity contribution is -0.131. The van der Waals surface area contributed by atoms with Crippen LogP contribution in [0.2, 0.25) is 10.0 Å². The molecule has 0 spiro atoms. The highest BCUT2D eigenvalue weighted by Crippen LogP contribution is 2.47. The van der Waals surface area contributed by atoms with Gasteiger partial charge in [-0.15, -0.1) is 0 Å². The predicted octanol–water partition coefficient (Wildman–Crippen LogP) is 5.11. The first-order valence-corrected chi connectivity index (χ1v) is 7.64. The van der Waals surface area contributed by atoms with E-state index < -0.39 is 11.9 Å². The minimum absolute atomic E-state index is 0.0329. The van der Waals surface area contributed by atoms with Gasteiger partial charge < -0.3 is 9.47 Å². The molecule has 2 aromatic rings. The molecule has 4 nitrogen and oxygen atoms in total. The number of carbonyl (C=O) groups is 2. The minimum Gasteiger partial charge on any atom is -0.421 e. The fourth-order valence-electron chi connectivity index (χ4n) is 1.87. The molecule has 0 aliphatic rings. The van der Waals surface area contributed by atoms with Crippen LogP contribution in [0.4, 0.5) is 0 Å². The van der Waals surface area contributed by atoms with E-state index in [-0.39, 0.29) is 32.7 Å². The van der Waals surface area contributed by atoms with Crippen LogP contribution in [0.1, 0.15) is 13.8 Å². The van der Waals surface area contributed by atoms with Crippen LogP contribution in [0.5, 0.6) is 11.5 Å². The van der Waals surface area contributed by atoms with Crippen molar-refractivity contribution in [2.75, 3.05) is 0 Å². The molecule has 0 heterocycles. The number of ether oxygens (including phenoxy) is 2. The topological polar surface area (TPSA) is 52.6 Å². The van der Waals surface area contributed by atoms with Crippen LogP contribution in [0, 0.1) is 0 Å². The SMILES string of the molecule is C=C(C)C(=O)Oc1c(Cl)c(Cl)c(OC(=O)C(=C)C)c2ccccc12. The summed E-state index contributed by atoms with van der Waals surface area (Å²) in [7, 11) is 0. The molecule has 2 rings (SSSR count). The summed E-state index contributed by atoms with van der Waals surface area (Å²) in [6, 6.07) is 6.82. The average Bonchev–Trinajstić information content (AvgIpc) is 2.54. The maximum Gasteiger partial charge on any atom is 0.338 e. The quantitative estimate of drug-likeness (QED) is 0.429. The summed E-state index contributed by atoms with van der Waals surface area (Å²) < 4.78 is 10.6. The van der Waals surface area contributed by atoms with Crippen molar-refractivity contribution in [3.05, 3.63) is 58.6 Å². The maximum atomic E-state index is 11.9. The summed E-state index contributed by atoms with van der Waals surface area (Å²) >= 11 is 12.5. The number of fused-ring (bicyclic) bond motifs is 1. The van der Waals surface area contributed by atoms with E-state index in [4.69, 9.17) is 32.7 Å². The van der Waals surface area contributed by atoms with Crippen molar-refractivity contribution in [1.29, 1.82) is 0 Å². The van der Waals surface area contributed by atoms with E-state index in [0.29, 0.717) is 10.8 Å². The lowest BCUT2D eigenvalue weighted by Gasteiger charge is -2.15. The smallest absolute Gasteiger partial charge is 0.338 e. The van der Waals surface area contributed by atoms with Gasteiger partial charge in [-0.1, -0.05) is 60.6 Å². The van der Waals surface area contributed by atoms with Gasteiger partial charge in [0.15, 0.2) is 11.5 Å². The zero-order chi connectivity index (χ0) is 18.0. The fraction of sp³-hybridized carbons (Fsp3) is 0.111. The molecule has 0 aliphatic carbocycles. The Balaban J connectivity index is 2.69. The molecule has 0 saturated heterocycles. The average molecular weight is 365 g/mol. The molecule has 0 saturated carbocycles. The van der Waals surface area contributed by atoms with Gasteiger partial charge >= 0.3 is 11.9 Å². The van der Waals surface area contributed by atoms with Crippen LogP contribution in [-0.2, 0) is 9.59 Å². The predicted molar refractivity (Wildman–Crippen MR) is 94.9 cm³/mol. The molecule has 0 amide bonds. The van der Waals surface area contributed by atoms with Gasteiger partial charge in [0.05, 0.1) is 0 Å². The van der Waals surface area contributed by atoms with E-state index in [1.807, 2.05) is 0 Å². The Bertz CT molecular complexity index is 812. The van der Waals surface area contributed by atoms with E-state index in [1.54, 1.807) is 24.3 Å². The molecule has 0 aromatic heterocycles. The second kappa shape index (κ2) is 7.07. The third-order valence-corrected chi connectivity index (χ3v) is 3.91. The molecule has 0 aliphatic heterocycles. The molecular formula is C18H14Cl2O4. The number of esters is 2. The van der Waals surface area contributed by atoms with Crippen molar-refractivity contribution in [1.82, 2.24) is 0 Å². The van der Waals surface area contributed by atoms with Crippen LogP contribution in [0.15, 0.2) is 48.6 Å². The number of hydrogen-bond donors (Lipinski definition) is 0.